The van der Waals surface area contributed by atoms with Crippen LogP contribution in [0, 0.1) is 6.92 Å². The molecule has 0 aliphatic carbocycles. The van der Waals surface area contributed by atoms with E-state index in [-0.39, 0.29) is 0 Å². The Bertz CT molecular complexity index is 1400. The van der Waals surface area contributed by atoms with E-state index in [0.717, 1.165) is 43.4 Å². The lowest BCUT2D eigenvalue weighted by atomic mass is 10.1. The average Bonchev–Trinajstić information content (AvgIpc) is 3.20. The molecular weight excluding hydrogens is 414 g/mol. The predicted molar refractivity (Wildman–Crippen MR) is 126 cm³/mol. The molecular formula is C23H16ClN5S. The van der Waals surface area contributed by atoms with E-state index in [2.05, 4.69) is 49.1 Å². The topological polar surface area (TPSA) is 63.1 Å². The standard InChI is InChI=1S/C23H16ClN5S/c1-14-7-8-16-10-17(21(24)28-19(16)9-14)11-27-29-22-20-18(15-5-3-2-4-6-15)12-30-23(20)26-13-25-22/h2-13H,1H3,(H,25,26,29)/b27-11+. The van der Waals surface area contributed by atoms with Crippen molar-refractivity contribution in [3.8, 4) is 11.1 Å². The maximum Gasteiger partial charge on any atom is 0.159 e. The van der Waals surface area contributed by atoms with Crippen LogP contribution in [0.3, 0.4) is 0 Å². The normalized spacial score (nSPS) is 11.5. The molecule has 0 atom stereocenters. The summed E-state index contributed by atoms with van der Waals surface area (Å²) in [6.45, 7) is 2.03. The van der Waals surface area contributed by atoms with E-state index in [9.17, 15) is 0 Å². The van der Waals surface area contributed by atoms with Crippen molar-refractivity contribution in [2.75, 3.05) is 5.43 Å². The van der Waals surface area contributed by atoms with Crippen LogP contribution in [0.25, 0.3) is 32.2 Å². The highest BCUT2D eigenvalue weighted by Crippen LogP contribution is 2.36. The van der Waals surface area contributed by atoms with Crippen molar-refractivity contribution in [1.82, 2.24) is 15.0 Å². The summed E-state index contributed by atoms with van der Waals surface area (Å²) in [5.74, 6) is 0.650. The van der Waals surface area contributed by atoms with E-state index >= 15 is 0 Å². The lowest BCUT2D eigenvalue weighted by Gasteiger charge is -2.05. The van der Waals surface area contributed by atoms with Crippen molar-refractivity contribution in [3.05, 3.63) is 82.6 Å². The van der Waals surface area contributed by atoms with E-state index in [0.29, 0.717) is 11.0 Å². The van der Waals surface area contributed by atoms with Gasteiger partial charge in [0, 0.05) is 21.9 Å². The highest BCUT2D eigenvalue weighted by atomic mass is 35.5. The number of thiophene rings is 1. The van der Waals surface area contributed by atoms with E-state index in [1.165, 1.54) is 0 Å². The third-order valence-corrected chi connectivity index (χ3v) is 5.97. The molecule has 2 aromatic carbocycles. The lowest BCUT2D eigenvalue weighted by molar-refractivity contribution is 1.19. The van der Waals surface area contributed by atoms with Gasteiger partial charge in [-0.1, -0.05) is 54.1 Å². The Morgan fingerprint density at radius 1 is 1.07 bits per heavy atom. The summed E-state index contributed by atoms with van der Waals surface area (Å²) in [5.41, 5.74) is 8.00. The van der Waals surface area contributed by atoms with Crippen molar-refractivity contribution >= 4 is 56.1 Å². The Labute approximate surface area is 182 Å². The second-order valence-electron chi connectivity index (χ2n) is 6.85. The van der Waals surface area contributed by atoms with Gasteiger partial charge >= 0.3 is 0 Å². The molecule has 1 N–H and O–H groups in total. The van der Waals surface area contributed by atoms with Crippen molar-refractivity contribution in [1.29, 1.82) is 0 Å². The van der Waals surface area contributed by atoms with Crippen LogP contribution in [0.1, 0.15) is 11.1 Å². The predicted octanol–water partition coefficient (Wildman–Crippen LogP) is 6.31. The summed E-state index contributed by atoms with van der Waals surface area (Å²) in [5, 5.41) is 8.84. The summed E-state index contributed by atoms with van der Waals surface area (Å²) in [6, 6.07) is 18.3. The van der Waals surface area contributed by atoms with Gasteiger partial charge in [0.05, 0.1) is 17.1 Å². The van der Waals surface area contributed by atoms with Gasteiger partial charge < -0.3 is 0 Å². The summed E-state index contributed by atoms with van der Waals surface area (Å²) in [4.78, 5) is 14.2. The zero-order valence-corrected chi connectivity index (χ0v) is 17.6. The third-order valence-electron chi connectivity index (χ3n) is 4.78. The Hall–Kier alpha value is -3.35. The molecule has 5 aromatic rings. The van der Waals surface area contributed by atoms with Crippen LogP contribution in [0.2, 0.25) is 5.15 Å². The Kier molecular flexibility index (Phi) is 4.86. The van der Waals surface area contributed by atoms with Gasteiger partial charge in [-0.15, -0.1) is 11.3 Å². The molecule has 5 rings (SSSR count). The first kappa shape index (κ1) is 18.7. The van der Waals surface area contributed by atoms with Gasteiger partial charge in [0.2, 0.25) is 0 Å². The molecule has 0 aliphatic rings. The lowest BCUT2D eigenvalue weighted by Crippen LogP contribution is -1.96. The van der Waals surface area contributed by atoms with Crippen molar-refractivity contribution in [2.45, 2.75) is 6.92 Å². The third kappa shape index (κ3) is 3.51. The number of anilines is 1. The quantitative estimate of drug-likeness (QED) is 0.206. The van der Waals surface area contributed by atoms with Crippen LogP contribution in [-0.2, 0) is 0 Å². The van der Waals surface area contributed by atoms with Gasteiger partial charge in [0.1, 0.15) is 16.3 Å². The first-order chi connectivity index (χ1) is 14.7. The van der Waals surface area contributed by atoms with Gasteiger partial charge in [-0.2, -0.15) is 5.10 Å². The minimum Gasteiger partial charge on any atom is -0.261 e. The maximum absolute atomic E-state index is 6.37. The second kappa shape index (κ2) is 7.82. The van der Waals surface area contributed by atoms with Crippen LogP contribution in [-0.4, -0.2) is 21.2 Å². The molecule has 0 bridgehead atoms. The van der Waals surface area contributed by atoms with Crippen LogP contribution in [0.4, 0.5) is 5.82 Å². The summed E-state index contributed by atoms with van der Waals surface area (Å²) >= 11 is 7.95. The molecule has 0 fully saturated rings. The second-order valence-corrected chi connectivity index (χ2v) is 8.07. The van der Waals surface area contributed by atoms with Crippen molar-refractivity contribution in [2.24, 2.45) is 5.10 Å². The first-order valence-corrected chi connectivity index (χ1v) is 10.6. The molecule has 0 radical (unpaired) electrons. The molecule has 0 saturated heterocycles. The van der Waals surface area contributed by atoms with Gasteiger partial charge in [-0.05, 0) is 30.2 Å². The van der Waals surface area contributed by atoms with Crippen LogP contribution >= 0.6 is 22.9 Å². The highest BCUT2D eigenvalue weighted by Gasteiger charge is 2.12. The van der Waals surface area contributed by atoms with E-state index < -0.39 is 0 Å². The van der Waals surface area contributed by atoms with Crippen LogP contribution < -0.4 is 5.43 Å². The molecule has 3 aromatic heterocycles. The number of nitrogens with one attached hydrogen (secondary N) is 1. The number of halogens is 1. The molecule has 3 heterocycles. The molecule has 7 heteroatoms. The van der Waals surface area contributed by atoms with Gasteiger partial charge in [-0.3, -0.25) is 5.43 Å². The molecule has 146 valence electrons. The molecule has 0 amide bonds. The minimum atomic E-state index is 0.409. The molecule has 0 saturated carbocycles. The van der Waals surface area contributed by atoms with Crippen molar-refractivity contribution in [3.63, 3.8) is 0 Å². The van der Waals surface area contributed by atoms with Gasteiger partial charge in [-0.25, -0.2) is 15.0 Å². The number of hydrazone groups is 1. The Balaban J connectivity index is 1.49. The zero-order chi connectivity index (χ0) is 20.5. The van der Waals surface area contributed by atoms with Gasteiger partial charge in [0.25, 0.3) is 0 Å². The number of aromatic nitrogens is 3. The fraction of sp³-hybridized carbons (Fsp3) is 0.0435. The molecule has 30 heavy (non-hydrogen) atoms. The summed E-state index contributed by atoms with van der Waals surface area (Å²) in [6.07, 6.45) is 3.20. The summed E-state index contributed by atoms with van der Waals surface area (Å²) < 4.78 is 0. The minimum absolute atomic E-state index is 0.409. The maximum atomic E-state index is 6.37. The fourth-order valence-electron chi connectivity index (χ4n) is 3.31. The number of fused-ring (bicyclic) bond motifs is 2. The highest BCUT2D eigenvalue weighted by molar-refractivity contribution is 7.17. The summed E-state index contributed by atoms with van der Waals surface area (Å²) in [7, 11) is 0. The molecule has 0 unspecified atom stereocenters. The number of rotatable bonds is 4. The number of nitrogens with zero attached hydrogens (tertiary/aromatic N) is 4. The molecule has 5 nitrogen and oxygen atoms in total. The number of pyridine rings is 1. The number of hydrogen-bond acceptors (Lipinski definition) is 6. The number of hydrogen-bond donors (Lipinski definition) is 1. The Morgan fingerprint density at radius 2 is 1.93 bits per heavy atom. The van der Waals surface area contributed by atoms with Crippen LogP contribution in [0.5, 0.6) is 0 Å². The molecule has 0 spiro atoms. The Morgan fingerprint density at radius 3 is 2.80 bits per heavy atom. The fourth-order valence-corrected chi connectivity index (χ4v) is 4.42. The van der Waals surface area contributed by atoms with Crippen molar-refractivity contribution < 1.29 is 0 Å². The monoisotopic (exact) mass is 429 g/mol. The first-order valence-electron chi connectivity index (χ1n) is 9.32. The number of aryl methyl sites for hydroxylation is 1. The van der Waals surface area contributed by atoms with Gasteiger partial charge in [0.15, 0.2) is 5.82 Å². The number of benzene rings is 2. The average molecular weight is 430 g/mol. The SMILES string of the molecule is Cc1ccc2cc(/C=N/Nc3ncnc4scc(-c5ccccc5)c34)c(Cl)nc2c1. The smallest absolute Gasteiger partial charge is 0.159 e. The molecule has 0 aliphatic heterocycles. The van der Waals surface area contributed by atoms with Crippen LogP contribution in [0.15, 0.2) is 71.4 Å². The van der Waals surface area contributed by atoms with E-state index in [1.54, 1.807) is 23.9 Å². The van der Waals surface area contributed by atoms with E-state index in [1.807, 2.05) is 43.3 Å². The largest absolute Gasteiger partial charge is 0.261 e. The zero-order valence-electron chi connectivity index (χ0n) is 16.0. The van der Waals surface area contributed by atoms with E-state index in [4.69, 9.17) is 11.6 Å².